The minimum absolute atomic E-state index is 0.101. The zero-order chi connectivity index (χ0) is 23.7. The SMILES string of the molecule is COc1ccc(CCNC(=O)CNc2ccc(S(=O)(=O)N3CCCCCC3)cc2)cc1OC. The first-order chi connectivity index (χ1) is 15.9. The number of rotatable bonds is 10. The van der Waals surface area contributed by atoms with Gasteiger partial charge in [-0.25, -0.2) is 8.42 Å². The Balaban J connectivity index is 1.45. The number of amides is 1. The molecule has 2 aromatic rings. The van der Waals surface area contributed by atoms with Crippen LogP contribution >= 0.6 is 0 Å². The molecule has 2 N–H and O–H groups in total. The molecule has 1 saturated heterocycles. The predicted octanol–water partition coefficient (Wildman–Crippen LogP) is 3.04. The van der Waals surface area contributed by atoms with Crippen molar-refractivity contribution in [1.29, 1.82) is 0 Å². The zero-order valence-electron chi connectivity index (χ0n) is 19.3. The molecule has 9 heteroatoms. The van der Waals surface area contributed by atoms with E-state index in [1.165, 1.54) is 0 Å². The second kappa shape index (κ2) is 11.9. The predicted molar refractivity (Wildman–Crippen MR) is 128 cm³/mol. The van der Waals surface area contributed by atoms with Gasteiger partial charge in [0.05, 0.1) is 25.7 Å². The topological polar surface area (TPSA) is 97.0 Å². The number of sulfonamides is 1. The maximum atomic E-state index is 12.9. The minimum Gasteiger partial charge on any atom is -0.493 e. The number of anilines is 1. The van der Waals surface area contributed by atoms with Gasteiger partial charge in [-0.15, -0.1) is 0 Å². The van der Waals surface area contributed by atoms with E-state index in [2.05, 4.69) is 10.6 Å². The van der Waals surface area contributed by atoms with Crippen molar-refractivity contribution in [3.63, 3.8) is 0 Å². The molecule has 0 spiro atoms. The standard InChI is InChI=1S/C24H33N3O5S/c1-31-22-12-7-19(17-23(22)32-2)13-14-25-24(28)18-26-20-8-10-21(11-9-20)33(29,30)27-15-5-3-4-6-16-27/h7-12,17,26H,3-6,13-16,18H2,1-2H3,(H,25,28). The summed E-state index contributed by atoms with van der Waals surface area (Å²) in [6.07, 6.45) is 4.62. The molecule has 1 fully saturated rings. The number of carbonyl (C=O) groups is 1. The lowest BCUT2D eigenvalue weighted by atomic mass is 10.1. The smallest absolute Gasteiger partial charge is 0.243 e. The number of methoxy groups -OCH3 is 2. The molecule has 0 aromatic heterocycles. The van der Waals surface area contributed by atoms with Crippen LogP contribution in [0.3, 0.4) is 0 Å². The molecule has 1 amide bonds. The molecule has 1 aliphatic rings. The highest BCUT2D eigenvalue weighted by molar-refractivity contribution is 7.89. The van der Waals surface area contributed by atoms with Crippen LogP contribution in [0.1, 0.15) is 31.2 Å². The van der Waals surface area contributed by atoms with Crippen molar-refractivity contribution in [2.75, 3.05) is 45.7 Å². The van der Waals surface area contributed by atoms with E-state index < -0.39 is 10.0 Å². The van der Waals surface area contributed by atoms with Gasteiger partial charge in [0.15, 0.2) is 11.5 Å². The lowest BCUT2D eigenvalue weighted by Gasteiger charge is -2.20. The summed E-state index contributed by atoms with van der Waals surface area (Å²) in [5.74, 6) is 1.18. The molecule has 0 radical (unpaired) electrons. The zero-order valence-corrected chi connectivity index (χ0v) is 20.1. The highest BCUT2D eigenvalue weighted by atomic mass is 32.2. The molecule has 3 rings (SSSR count). The highest BCUT2D eigenvalue weighted by Crippen LogP contribution is 2.27. The van der Waals surface area contributed by atoms with Crippen LogP contribution in [-0.4, -0.2) is 59.0 Å². The van der Waals surface area contributed by atoms with Crippen molar-refractivity contribution in [2.24, 2.45) is 0 Å². The normalized spacial score (nSPS) is 14.8. The third kappa shape index (κ3) is 6.85. The molecule has 33 heavy (non-hydrogen) atoms. The van der Waals surface area contributed by atoms with Crippen LogP contribution in [0, 0.1) is 0 Å². The third-order valence-electron chi connectivity index (χ3n) is 5.69. The third-order valence-corrected chi connectivity index (χ3v) is 7.61. The van der Waals surface area contributed by atoms with Crippen molar-refractivity contribution in [1.82, 2.24) is 9.62 Å². The largest absolute Gasteiger partial charge is 0.493 e. The Bertz CT molecular complexity index is 1020. The number of ether oxygens (including phenoxy) is 2. The van der Waals surface area contributed by atoms with Crippen LogP contribution < -0.4 is 20.1 Å². The van der Waals surface area contributed by atoms with Gasteiger partial charge < -0.3 is 20.1 Å². The molecular weight excluding hydrogens is 442 g/mol. The Morgan fingerprint density at radius 3 is 2.24 bits per heavy atom. The lowest BCUT2D eigenvalue weighted by molar-refractivity contribution is -0.119. The van der Waals surface area contributed by atoms with Crippen LogP contribution in [0.2, 0.25) is 0 Å². The van der Waals surface area contributed by atoms with Gasteiger partial charge in [0.2, 0.25) is 15.9 Å². The van der Waals surface area contributed by atoms with Gasteiger partial charge in [-0.1, -0.05) is 18.9 Å². The van der Waals surface area contributed by atoms with Crippen molar-refractivity contribution < 1.29 is 22.7 Å². The first-order valence-electron chi connectivity index (χ1n) is 11.3. The molecule has 0 aliphatic carbocycles. The van der Waals surface area contributed by atoms with E-state index in [0.717, 1.165) is 31.2 Å². The average molecular weight is 476 g/mol. The molecule has 8 nitrogen and oxygen atoms in total. The summed E-state index contributed by atoms with van der Waals surface area (Å²) in [6, 6.07) is 12.3. The highest BCUT2D eigenvalue weighted by Gasteiger charge is 2.24. The van der Waals surface area contributed by atoms with Crippen LogP contribution in [0.5, 0.6) is 11.5 Å². The number of hydrogen-bond donors (Lipinski definition) is 2. The maximum Gasteiger partial charge on any atom is 0.243 e. The summed E-state index contributed by atoms with van der Waals surface area (Å²) in [5.41, 5.74) is 1.72. The summed E-state index contributed by atoms with van der Waals surface area (Å²) in [4.78, 5) is 12.5. The average Bonchev–Trinajstić information content (AvgIpc) is 3.13. The summed E-state index contributed by atoms with van der Waals surface area (Å²) in [5, 5.41) is 5.91. The van der Waals surface area contributed by atoms with E-state index >= 15 is 0 Å². The number of benzene rings is 2. The molecule has 1 heterocycles. The van der Waals surface area contributed by atoms with Gasteiger partial charge in [-0.3, -0.25) is 4.79 Å². The van der Waals surface area contributed by atoms with Crippen LogP contribution in [0.25, 0.3) is 0 Å². The molecule has 0 unspecified atom stereocenters. The summed E-state index contributed by atoms with van der Waals surface area (Å²) < 4.78 is 37.8. The quantitative estimate of drug-likeness (QED) is 0.548. The van der Waals surface area contributed by atoms with Crippen LogP contribution in [0.4, 0.5) is 5.69 Å². The Hall–Kier alpha value is -2.78. The Labute approximate surface area is 196 Å². The molecular formula is C24H33N3O5S. The summed E-state index contributed by atoms with van der Waals surface area (Å²) >= 11 is 0. The summed E-state index contributed by atoms with van der Waals surface area (Å²) in [6.45, 7) is 1.74. The van der Waals surface area contributed by atoms with Crippen LogP contribution in [0.15, 0.2) is 47.4 Å². The molecule has 0 bridgehead atoms. The fourth-order valence-corrected chi connectivity index (χ4v) is 5.32. The fourth-order valence-electron chi connectivity index (χ4n) is 3.80. The van der Waals surface area contributed by atoms with Crippen molar-refractivity contribution >= 4 is 21.6 Å². The molecule has 0 atom stereocenters. The van der Waals surface area contributed by atoms with E-state index in [4.69, 9.17) is 9.47 Å². The van der Waals surface area contributed by atoms with Crippen LogP contribution in [-0.2, 0) is 21.2 Å². The molecule has 180 valence electrons. The van der Waals surface area contributed by atoms with Crippen molar-refractivity contribution in [2.45, 2.75) is 37.0 Å². The van der Waals surface area contributed by atoms with Gasteiger partial charge >= 0.3 is 0 Å². The van der Waals surface area contributed by atoms with E-state index in [9.17, 15) is 13.2 Å². The maximum absolute atomic E-state index is 12.9. The number of hydrogen-bond acceptors (Lipinski definition) is 6. The van der Waals surface area contributed by atoms with Crippen molar-refractivity contribution in [3.8, 4) is 11.5 Å². The first-order valence-corrected chi connectivity index (χ1v) is 12.7. The van der Waals surface area contributed by atoms with E-state index in [1.807, 2.05) is 18.2 Å². The lowest BCUT2D eigenvalue weighted by Crippen LogP contribution is -2.32. The first kappa shape index (κ1) is 24.9. The number of nitrogens with one attached hydrogen (secondary N) is 2. The fraction of sp³-hybridized carbons (Fsp3) is 0.458. The minimum atomic E-state index is -3.47. The summed E-state index contributed by atoms with van der Waals surface area (Å²) in [7, 11) is -0.292. The Morgan fingerprint density at radius 1 is 0.939 bits per heavy atom. The Morgan fingerprint density at radius 2 is 1.61 bits per heavy atom. The number of nitrogens with zero attached hydrogens (tertiary/aromatic N) is 1. The van der Waals surface area contributed by atoms with Gasteiger partial charge in [-0.2, -0.15) is 4.31 Å². The number of carbonyl (C=O) groups excluding carboxylic acids is 1. The Kier molecular flexibility index (Phi) is 8.96. The second-order valence-corrected chi connectivity index (χ2v) is 9.92. The van der Waals surface area contributed by atoms with Gasteiger partial charge in [0.1, 0.15) is 0 Å². The molecule has 0 saturated carbocycles. The monoisotopic (exact) mass is 475 g/mol. The van der Waals surface area contributed by atoms with E-state index in [-0.39, 0.29) is 17.3 Å². The second-order valence-electron chi connectivity index (χ2n) is 7.99. The molecule has 1 aliphatic heterocycles. The van der Waals surface area contributed by atoms with Crippen molar-refractivity contribution in [3.05, 3.63) is 48.0 Å². The van der Waals surface area contributed by atoms with Gasteiger partial charge in [0, 0.05) is 25.3 Å². The molecule has 2 aromatic carbocycles. The van der Waals surface area contributed by atoms with E-state index in [1.54, 1.807) is 42.8 Å². The van der Waals surface area contributed by atoms with Gasteiger partial charge in [-0.05, 0) is 61.2 Å². The van der Waals surface area contributed by atoms with Gasteiger partial charge in [0.25, 0.3) is 0 Å². The van der Waals surface area contributed by atoms with E-state index in [0.29, 0.717) is 43.2 Å².